The van der Waals surface area contributed by atoms with E-state index < -0.39 is 0 Å². The Morgan fingerprint density at radius 3 is 2.88 bits per heavy atom. The van der Waals surface area contributed by atoms with Gasteiger partial charge in [-0.05, 0) is 13.0 Å². The van der Waals surface area contributed by atoms with Crippen LogP contribution in [0.3, 0.4) is 0 Å². The summed E-state index contributed by atoms with van der Waals surface area (Å²) in [7, 11) is 1.55. The third kappa shape index (κ3) is 2.59. The number of methoxy groups -OCH3 is 1. The van der Waals surface area contributed by atoms with Crippen LogP contribution in [0.15, 0.2) is 23.0 Å². The van der Waals surface area contributed by atoms with Gasteiger partial charge in [-0.15, -0.1) is 11.3 Å². The Labute approximate surface area is 102 Å². The Bertz CT molecular complexity index is 526. The van der Waals surface area contributed by atoms with E-state index in [-0.39, 0.29) is 5.91 Å². The molecule has 0 atom stereocenters. The fraction of sp³-hybridized carbons (Fsp3) is 0.182. The number of carbonyl (C=O) groups excluding carboxylic acids is 1. The number of aromatic nitrogens is 2. The number of hydrogen-bond donors (Lipinski definition) is 1. The van der Waals surface area contributed by atoms with Crippen molar-refractivity contribution in [1.82, 2.24) is 9.97 Å². The molecule has 2 aromatic rings. The van der Waals surface area contributed by atoms with E-state index in [9.17, 15) is 4.79 Å². The van der Waals surface area contributed by atoms with Crippen molar-refractivity contribution >= 4 is 22.9 Å². The van der Waals surface area contributed by atoms with Crippen molar-refractivity contribution in [2.24, 2.45) is 0 Å². The average molecular weight is 249 g/mol. The summed E-state index contributed by atoms with van der Waals surface area (Å²) in [5.41, 5.74) is 3.38. The van der Waals surface area contributed by atoms with Crippen molar-refractivity contribution in [1.29, 1.82) is 0 Å². The molecule has 1 N–H and O–H groups in total. The average Bonchev–Trinajstić information content (AvgIpc) is 2.85. The highest BCUT2D eigenvalue weighted by Gasteiger charge is 2.10. The van der Waals surface area contributed by atoms with Crippen molar-refractivity contribution in [3.05, 3.63) is 34.4 Å². The van der Waals surface area contributed by atoms with Gasteiger partial charge in [0, 0.05) is 11.4 Å². The number of hydrogen-bond acceptors (Lipinski definition) is 5. The first-order valence-electron chi connectivity index (χ1n) is 4.92. The van der Waals surface area contributed by atoms with Crippen LogP contribution in [0.25, 0.3) is 0 Å². The largest absolute Gasteiger partial charge is 0.481 e. The fourth-order valence-electron chi connectivity index (χ4n) is 1.29. The molecular weight excluding hydrogens is 238 g/mol. The lowest BCUT2D eigenvalue weighted by Gasteiger charge is -2.07. The minimum Gasteiger partial charge on any atom is -0.481 e. The predicted octanol–water partition coefficient (Wildman–Crippen LogP) is 2.11. The number of ether oxygens (including phenoxy) is 1. The zero-order chi connectivity index (χ0) is 12.3. The van der Waals surface area contributed by atoms with E-state index in [0.717, 1.165) is 0 Å². The minimum atomic E-state index is -0.235. The second kappa shape index (κ2) is 4.92. The summed E-state index contributed by atoms with van der Waals surface area (Å²) in [5.74, 6) is 0.287. The van der Waals surface area contributed by atoms with Crippen LogP contribution in [0.5, 0.6) is 5.88 Å². The normalized spacial score (nSPS) is 10.0. The van der Waals surface area contributed by atoms with Gasteiger partial charge in [0.05, 0.1) is 24.0 Å². The Morgan fingerprint density at radius 2 is 2.29 bits per heavy atom. The molecule has 0 fully saturated rings. The Morgan fingerprint density at radius 1 is 1.47 bits per heavy atom. The van der Waals surface area contributed by atoms with Crippen molar-refractivity contribution < 1.29 is 9.53 Å². The lowest BCUT2D eigenvalue weighted by molar-refractivity contribution is 0.102. The van der Waals surface area contributed by atoms with Crippen LogP contribution < -0.4 is 10.1 Å². The maximum Gasteiger partial charge on any atom is 0.275 e. The lowest BCUT2D eigenvalue weighted by Crippen LogP contribution is -2.13. The van der Waals surface area contributed by atoms with Crippen LogP contribution in [0, 0.1) is 6.92 Å². The number of nitrogens with one attached hydrogen (secondary N) is 1. The van der Waals surface area contributed by atoms with E-state index in [2.05, 4.69) is 15.3 Å². The highest BCUT2D eigenvalue weighted by Crippen LogP contribution is 2.17. The Balaban J connectivity index is 2.16. The van der Waals surface area contributed by atoms with Crippen molar-refractivity contribution in [3.8, 4) is 5.88 Å². The van der Waals surface area contributed by atoms with E-state index in [1.54, 1.807) is 37.1 Å². The van der Waals surface area contributed by atoms with Crippen LogP contribution in [0.2, 0.25) is 0 Å². The van der Waals surface area contributed by atoms with Crippen LogP contribution in [0.1, 0.15) is 16.2 Å². The molecule has 17 heavy (non-hydrogen) atoms. The molecule has 6 heteroatoms. The van der Waals surface area contributed by atoms with E-state index in [0.29, 0.717) is 23.0 Å². The molecule has 0 aromatic carbocycles. The molecule has 88 valence electrons. The van der Waals surface area contributed by atoms with E-state index >= 15 is 0 Å². The van der Waals surface area contributed by atoms with Gasteiger partial charge in [0.1, 0.15) is 5.69 Å². The zero-order valence-electron chi connectivity index (χ0n) is 9.43. The monoisotopic (exact) mass is 249 g/mol. The summed E-state index contributed by atoms with van der Waals surface area (Å²) in [6.07, 6.45) is 0. The number of aryl methyl sites for hydroxylation is 1. The first kappa shape index (κ1) is 11.5. The molecular formula is C11H11N3O2S. The van der Waals surface area contributed by atoms with Crippen molar-refractivity contribution in [2.45, 2.75) is 6.92 Å². The van der Waals surface area contributed by atoms with Gasteiger partial charge >= 0.3 is 0 Å². The number of amides is 1. The van der Waals surface area contributed by atoms with Crippen LogP contribution >= 0.6 is 11.3 Å². The molecule has 0 aliphatic carbocycles. The summed E-state index contributed by atoms with van der Waals surface area (Å²) < 4.78 is 4.99. The minimum absolute atomic E-state index is 0.235. The molecule has 2 heterocycles. The third-order valence-electron chi connectivity index (χ3n) is 2.18. The van der Waals surface area contributed by atoms with E-state index in [4.69, 9.17) is 4.74 Å². The number of nitrogens with zero attached hydrogens (tertiary/aromatic N) is 2. The molecule has 2 aromatic heterocycles. The van der Waals surface area contributed by atoms with Gasteiger partial charge in [0.25, 0.3) is 5.91 Å². The number of rotatable bonds is 3. The lowest BCUT2D eigenvalue weighted by atomic mass is 10.3. The van der Waals surface area contributed by atoms with E-state index in [1.165, 1.54) is 11.3 Å². The SMILES string of the molecule is COc1ccc(NC(=O)c2cscn2)c(C)n1. The maximum absolute atomic E-state index is 11.8. The molecule has 2 rings (SSSR count). The van der Waals surface area contributed by atoms with Gasteiger partial charge < -0.3 is 10.1 Å². The quantitative estimate of drug-likeness (QED) is 0.904. The molecule has 0 unspecified atom stereocenters. The number of pyridine rings is 1. The first-order chi connectivity index (χ1) is 8.20. The molecule has 0 spiro atoms. The van der Waals surface area contributed by atoms with Crippen LogP contribution in [-0.4, -0.2) is 23.0 Å². The predicted molar refractivity (Wildman–Crippen MR) is 65.6 cm³/mol. The molecule has 1 amide bonds. The standard InChI is InChI=1S/C11H11N3O2S/c1-7-8(3-4-10(13-7)16-2)14-11(15)9-5-17-6-12-9/h3-6H,1-2H3,(H,14,15). The molecule has 5 nitrogen and oxygen atoms in total. The maximum atomic E-state index is 11.8. The fourth-order valence-corrected chi connectivity index (χ4v) is 1.83. The van der Waals surface area contributed by atoms with Gasteiger partial charge in [-0.25, -0.2) is 9.97 Å². The number of thiazole rings is 1. The molecule has 0 aliphatic rings. The van der Waals surface area contributed by atoms with Crippen molar-refractivity contribution in [2.75, 3.05) is 12.4 Å². The molecule has 0 radical (unpaired) electrons. The second-order valence-corrected chi connectivity index (χ2v) is 4.03. The van der Waals surface area contributed by atoms with E-state index in [1.807, 2.05) is 0 Å². The first-order valence-corrected chi connectivity index (χ1v) is 5.86. The van der Waals surface area contributed by atoms with Crippen LogP contribution in [-0.2, 0) is 0 Å². The topological polar surface area (TPSA) is 64.1 Å². The summed E-state index contributed by atoms with van der Waals surface area (Å²) in [4.78, 5) is 19.9. The summed E-state index contributed by atoms with van der Waals surface area (Å²) in [6.45, 7) is 1.80. The summed E-state index contributed by atoms with van der Waals surface area (Å²) >= 11 is 1.38. The third-order valence-corrected chi connectivity index (χ3v) is 2.77. The molecule has 0 bridgehead atoms. The van der Waals surface area contributed by atoms with Gasteiger partial charge in [-0.2, -0.15) is 0 Å². The van der Waals surface area contributed by atoms with Gasteiger partial charge in [0.15, 0.2) is 0 Å². The Hall–Kier alpha value is -1.95. The van der Waals surface area contributed by atoms with Crippen LogP contribution in [0.4, 0.5) is 5.69 Å². The smallest absolute Gasteiger partial charge is 0.275 e. The highest BCUT2D eigenvalue weighted by atomic mass is 32.1. The second-order valence-electron chi connectivity index (χ2n) is 3.31. The van der Waals surface area contributed by atoms with Crippen molar-refractivity contribution in [3.63, 3.8) is 0 Å². The van der Waals surface area contributed by atoms with Gasteiger partial charge in [-0.1, -0.05) is 0 Å². The zero-order valence-corrected chi connectivity index (χ0v) is 10.2. The Kier molecular flexibility index (Phi) is 3.34. The number of anilines is 1. The van der Waals surface area contributed by atoms with Gasteiger partial charge in [0.2, 0.25) is 5.88 Å². The molecule has 0 aliphatic heterocycles. The number of carbonyl (C=O) groups is 1. The molecule has 0 saturated heterocycles. The van der Waals surface area contributed by atoms with Gasteiger partial charge in [-0.3, -0.25) is 4.79 Å². The highest BCUT2D eigenvalue weighted by molar-refractivity contribution is 7.07. The summed E-state index contributed by atoms with van der Waals surface area (Å²) in [5, 5.41) is 4.45. The molecule has 0 saturated carbocycles. The summed E-state index contributed by atoms with van der Waals surface area (Å²) in [6, 6.07) is 3.45.